The van der Waals surface area contributed by atoms with E-state index in [1.807, 2.05) is 39.8 Å². The zero-order chi connectivity index (χ0) is 15.4. The van der Waals surface area contributed by atoms with Crippen molar-refractivity contribution in [2.24, 2.45) is 0 Å². The molecule has 0 heteroatoms. The van der Waals surface area contributed by atoms with Crippen LogP contribution in [0, 0.1) is 6.92 Å². The van der Waals surface area contributed by atoms with Crippen LogP contribution in [0.25, 0.3) is 24.3 Å². The van der Waals surface area contributed by atoms with E-state index in [1.165, 1.54) is 21.6 Å². The molecule has 0 atom stereocenters. The molecular weight excluding hydrogens is 240 g/mol. The van der Waals surface area contributed by atoms with Crippen molar-refractivity contribution in [3.8, 4) is 0 Å². The van der Waals surface area contributed by atoms with Crippen LogP contribution in [-0.4, -0.2) is 0 Å². The lowest BCUT2D eigenvalue weighted by Gasteiger charge is -2.07. The SMILES string of the molecule is C.C=Cc1cc(=C/C)/c(=C\C)c(C)c1C=C.CC.CC. The van der Waals surface area contributed by atoms with Gasteiger partial charge < -0.3 is 0 Å². The molecule has 0 saturated carbocycles. The van der Waals surface area contributed by atoms with Crippen molar-refractivity contribution in [2.75, 3.05) is 0 Å². The van der Waals surface area contributed by atoms with E-state index < -0.39 is 0 Å². The molecule has 0 saturated heterocycles. The second-order valence-corrected chi connectivity index (χ2v) is 3.49. The van der Waals surface area contributed by atoms with Crippen molar-refractivity contribution in [2.45, 2.75) is 55.9 Å². The summed E-state index contributed by atoms with van der Waals surface area (Å²) in [6.45, 7) is 22.0. The van der Waals surface area contributed by atoms with Crippen molar-refractivity contribution in [3.05, 3.63) is 46.4 Å². The standard InChI is InChI=1S/C15H18.2C2H6.CH4/c1-6-12-10-13(7-2)15(9-4)11(5)14(12)8-3;2*1-2;/h6-10H,1,3H2,2,4-5H3;2*1-2H3;1H4/b13-7-,15-9-;;;. The minimum atomic E-state index is 0. The topological polar surface area (TPSA) is 0 Å². The summed E-state index contributed by atoms with van der Waals surface area (Å²) in [6.07, 6.45) is 8.06. The fraction of sp³-hybridized carbons (Fsp3) is 0.400. The van der Waals surface area contributed by atoms with Gasteiger partial charge in [-0.15, -0.1) is 0 Å². The third-order valence-corrected chi connectivity index (χ3v) is 2.76. The maximum Gasteiger partial charge on any atom is -0.0155 e. The molecule has 0 N–H and O–H groups in total. The summed E-state index contributed by atoms with van der Waals surface area (Å²) in [6, 6.07) is 2.16. The van der Waals surface area contributed by atoms with E-state index >= 15 is 0 Å². The van der Waals surface area contributed by atoms with Gasteiger partial charge in [0.1, 0.15) is 0 Å². The average Bonchev–Trinajstić information content (AvgIpc) is 2.50. The summed E-state index contributed by atoms with van der Waals surface area (Å²) in [4.78, 5) is 0. The normalized spacial score (nSPS) is 10.3. The van der Waals surface area contributed by atoms with Crippen LogP contribution in [0.1, 0.15) is 65.7 Å². The Balaban J connectivity index is -0.000000529. The Kier molecular flexibility index (Phi) is 16.3. The first-order valence-corrected chi connectivity index (χ1v) is 7.20. The van der Waals surface area contributed by atoms with Crippen molar-refractivity contribution in [1.29, 1.82) is 0 Å². The molecule has 1 rings (SSSR count). The first kappa shape index (κ1) is 23.5. The van der Waals surface area contributed by atoms with E-state index in [-0.39, 0.29) is 7.43 Å². The molecule has 1 aromatic rings. The van der Waals surface area contributed by atoms with Crippen LogP contribution >= 0.6 is 0 Å². The van der Waals surface area contributed by atoms with Crippen LogP contribution in [0.15, 0.2) is 19.2 Å². The molecule has 0 unspecified atom stereocenters. The molecule has 1 aromatic carbocycles. The third-order valence-electron chi connectivity index (χ3n) is 2.76. The van der Waals surface area contributed by atoms with E-state index in [0.717, 1.165) is 5.56 Å². The predicted molar refractivity (Wildman–Crippen MR) is 100 cm³/mol. The molecule has 20 heavy (non-hydrogen) atoms. The van der Waals surface area contributed by atoms with Crippen molar-refractivity contribution in [1.82, 2.24) is 0 Å². The summed E-state index contributed by atoms with van der Waals surface area (Å²) in [5.74, 6) is 0. The highest BCUT2D eigenvalue weighted by Gasteiger charge is 2.01. The van der Waals surface area contributed by atoms with Gasteiger partial charge in [-0.3, -0.25) is 0 Å². The van der Waals surface area contributed by atoms with Gasteiger partial charge in [0.25, 0.3) is 0 Å². The maximum absolute atomic E-state index is 3.86. The second-order valence-electron chi connectivity index (χ2n) is 3.49. The highest BCUT2D eigenvalue weighted by molar-refractivity contribution is 5.67. The van der Waals surface area contributed by atoms with Crippen LogP contribution < -0.4 is 10.4 Å². The summed E-state index contributed by atoms with van der Waals surface area (Å²) in [5.41, 5.74) is 3.61. The van der Waals surface area contributed by atoms with Crippen LogP contribution in [0.4, 0.5) is 0 Å². The average molecular weight is 274 g/mol. The largest absolute Gasteiger partial charge is 0.0984 e. The molecule has 0 spiro atoms. The quantitative estimate of drug-likeness (QED) is 0.661. The molecule has 0 bridgehead atoms. The zero-order valence-corrected chi connectivity index (χ0v) is 13.8. The molecule has 0 aliphatic rings. The van der Waals surface area contributed by atoms with E-state index in [0.29, 0.717) is 0 Å². The Morgan fingerprint density at radius 3 is 1.70 bits per heavy atom. The molecule has 0 nitrogen and oxygen atoms in total. The van der Waals surface area contributed by atoms with Crippen molar-refractivity contribution >= 4 is 24.3 Å². The summed E-state index contributed by atoms with van der Waals surface area (Å²) in [7, 11) is 0. The van der Waals surface area contributed by atoms with E-state index in [1.54, 1.807) is 0 Å². The van der Waals surface area contributed by atoms with Gasteiger partial charge in [0.05, 0.1) is 0 Å². The lowest BCUT2D eigenvalue weighted by molar-refractivity contribution is 1.33. The number of benzene rings is 1. The Morgan fingerprint density at radius 1 is 0.900 bits per heavy atom. The lowest BCUT2D eigenvalue weighted by atomic mass is 9.97. The highest BCUT2D eigenvalue weighted by atomic mass is 14.1. The Hall–Kier alpha value is -1.56. The fourth-order valence-electron chi connectivity index (χ4n) is 1.96. The van der Waals surface area contributed by atoms with Crippen molar-refractivity contribution in [3.63, 3.8) is 0 Å². The number of hydrogen-bond donors (Lipinski definition) is 0. The first-order chi connectivity index (χ1) is 9.19. The fourth-order valence-corrected chi connectivity index (χ4v) is 1.96. The molecule has 114 valence electrons. The molecule has 0 heterocycles. The van der Waals surface area contributed by atoms with Gasteiger partial charge in [-0.25, -0.2) is 0 Å². The van der Waals surface area contributed by atoms with Gasteiger partial charge in [-0.2, -0.15) is 0 Å². The van der Waals surface area contributed by atoms with Crippen LogP contribution in [0.5, 0.6) is 0 Å². The van der Waals surface area contributed by atoms with Gasteiger partial charge in [0, 0.05) is 0 Å². The second kappa shape index (κ2) is 13.9. The van der Waals surface area contributed by atoms with Crippen LogP contribution in [0.2, 0.25) is 0 Å². The van der Waals surface area contributed by atoms with Crippen molar-refractivity contribution < 1.29 is 0 Å². The third kappa shape index (κ3) is 5.61. The minimum Gasteiger partial charge on any atom is -0.0984 e. The Morgan fingerprint density at radius 2 is 1.40 bits per heavy atom. The molecule has 0 amide bonds. The van der Waals surface area contributed by atoms with Gasteiger partial charge in [0.15, 0.2) is 0 Å². The zero-order valence-electron chi connectivity index (χ0n) is 13.8. The maximum atomic E-state index is 3.86. The Bertz CT molecular complexity index is 502. The van der Waals surface area contributed by atoms with Gasteiger partial charge in [-0.1, -0.05) is 72.6 Å². The molecule has 0 aliphatic heterocycles. The lowest BCUT2D eigenvalue weighted by Crippen LogP contribution is -2.28. The number of rotatable bonds is 2. The monoisotopic (exact) mass is 274 g/mol. The summed E-state index contributed by atoms with van der Waals surface area (Å²) >= 11 is 0. The van der Waals surface area contributed by atoms with E-state index in [2.05, 4.69) is 52.1 Å². The van der Waals surface area contributed by atoms with Gasteiger partial charge >= 0.3 is 0 Å². The minimum absolute atomic E-state index is 0. The molecule has 0 fully saturated rings. The smallest absolute Gasteiger partial charge is 0.0155 e. The van der Waals surface area contributed by atoms with Gasteiger partial charge in [0.2, 0.25) is 0 Å². The molecule has 0 radical (unpaired) electrons. The molecular formula is C20H34. The van der Waals surface area contributed by atoms with Gasteiger partial charge in [-0.05, 0) is 54.0 Å². The van der Waals surface area contributed by atoms with Crippen LogP contribution in [-0.2, 0) is 0 Å². The molecule has 0 aliphatic carbocycles. The predicted octanol–water partition coefficient (Wildman–Crippen LogP) is 5.57. The van der Waals surface area contributed by atoms with Crippen LogP contribution in [0.3, 0.4) is 0 Å². The van der Waals surface area contributed by atoms with E-state index in [9.17, 15) is 0 Å². The first-order valence-electron chi connectivity index (χ1n) is 7.20. The van der Waals surface area contributed by atoms with E-state index in [4.69, 9.17) is 0 Å². The summed E-state index contributed by atoms with van der Waals surface area (Å²) in [5, 5.41) is 2.55. The Labute approximate surface area is 127 Å². The number of hydrogen-bond acceptors (Lipinski definition) is 0. The highest BCUT2D eigenvalue weighted by Crippen LogP contribution is 2.11. The summed E-state index contributed by atoms with van der Waals surface area (Å²) < 4.78 is 0. The molecule has 0 aromatic heterocycles.